The SMILES string of the molecule is COc1ccc(C(=O)NCC2CCN(C(=O)c3cccnc3SC)CC2)cc1OC. The molecule has 2 amide bonds. The summed E-state index contributed by atoms with van der Waals surface area (Å²) in [5.74, 6) is 1.34. The molecule has 0 bridgehead atoms. The van der Waals surface area contributed by atoms with Gasteiger partial charge in [-0.25, -0.2) is 4.98 Å². The zero-order valence-electron chi connectivity index (χ0n) is 17.5. The minimum Gasteiger partial charge on any atom is -0.493 e. The number of rotatable bonds is 7. The van der Waals surface area contributed by atoms with Crippen molar-refractivity contribution >= 4 is 23.6 Å². The summed E-state index contributed by atoms with van der Waals surface area (Å²) in [4.78, 5) is 31.5. The standard InChI is InChI=1S/C22H27N3O4S/c1-28-18-7-6-16(13-19(18)29-2)20(26)24-14-15-8-11-25(12-9-15)22(27)17-5-4-10-23-21(17)30-3/h4-7,10,13,15H,8-9,11-12,14H2,1-3H3,(H,24,26). The van der Waals surface area contributed by atoms with Crippen LogP contribution in [0.15, 0.2) is 41.6 Å². The fourth-order valence-corrected chi connectivity index (χ4v) is 4.08. The lowest BCUT2D eigenvalue weighted by atomic mass is 9.96. The number of carbonyl (C=O) groups is 2. The lowest BCUT2D eigenvalue weighted by Crippen LogP contribution is -2.41. The normalized spacial score (nSPS) is 14.3. The summed E-state index contributed by atoms with van der Waals surface area (Å²) < 4.78 is 10.5. The quantitative estimate of drug-likeness (QED) is 0.681. The van der Waals surface area contributed by atoms with Gasteiger partial charge in [-0.2, -0.15) is 0 Å². The molecule has 1 aromatic carbocycles. The monoisotopic (exact) mass is 429 g/mol. The number of ether oxygens (including phenoxy) is 2. The molecule has 0 unspecified atom stereocenters. The fraction of sp³-hybridized carbons (Fsp3) is 0.409. The van der Waals surface area contributed by atoms with Crippen LogP contribution >= 0.6 is 11.8 Å². The number of nitrogens with one attached hydrogen (secondary N) is 1. The number of piperidine rings is 1. The Bertz CT molecular complexity index is 898. The maximum absolute atomic E-state index is 12.8. The van der Waals surface area contributed by atoms with Gasteiger partial charge in [0, 0.05) is 31.4 Å². The Morgan fingerprint density at radius 1 is 1.17 bits per heavy atom. The van der Waals surface area contributed by atoms with Crippen LogP contribution in [0.1, 0.15) is 33.6 Å². The number of thioether (sulfide) groups is 1. The van der Waals surface area contributed by atoms with Gasteiger partial charge in [-0.05, 0) is 55.3 Å². The van der Waals surface area contributed by atoms with Crippen LogP contribution in [0.3, 0.4) is 0 Å². The fourth-order valence-electron chi connectivity index (χ4n) is 3.54. The highest BCUT2D eigenvalue weighted by atomic mass is 32.2. The zero-order valence-corrected chi connectivity index (χ0v) is 18.3. The van der Waals surface area contributed by atoms with E-state index in [2.05, 4.69) is 10.3 Å². The smallest absolute Gasteiger partial charge is 0.256 e. The van der Waals surface area contributed by atoms with E-state index in [1.807, 2.05) is 17.2 Å². The molecular weight excluding hydrogens is 402 g/mol. The molecule has 0 spiro atoms. The van der Waals surface area contributed by atoms with E-state index >= 15 is 0 Å². The number of hydrogen-bond donors (Lipinski definition) is 1. The van der Waals surface area contributed by atoms with E-state index in [4.69, 9.17) is 9.47 Å². The van der Waals surface area contributed by atoms with E-state index < -0.39 is 0 Å². The Labute approximate surface area is 181 Å². The molecule has 7 nitrogen and oxygen atoms in total. The van der Waals surface area contributed by atoms with Gasteiger partial charge in [-0.15, -0.1) is 11.8 Å². The van der Waals surface area contributed by atoms with Gasteiger partial charge < -0.3 is 19.7 Å². The summed E-state index contributed by atoms with van der Waals surface area (Å²) in [6, 6.07) is 8.74. The molecule has 30 heavy (non-hydrogen) atoms. The van der Waals surface area contributed by atoms with Crippen molar-refractivity contribution in [2.24, 2.45) is 5.92 Å². The Morgan fingerprint density at radius 3 is 2.57 bits per heavy atom. The van der Waals surface area contributed by atoms with Crippen LogP contribution < -0.4 is 14.8 Å². The first-order chi connectivity index (χ1) is 14.6. The van der Waals surface area contributed by atoms with Crippen molar-refractivity contribution in [3.8, 4) is 11.5 Å². The second-order valence-corrected chi connectivity index (χ2v) is 7.87. The highest BCUT2D eigenvalue weighted by Crippen LogP contribution is 2.27. The van der Waals surface area contributed by atoms with Crippen LogP contribution in [0.25, 0.3) is 0 Å². The number of pyridine rings is 1. The Hall–Kier alpha value is -2.74. The molecule has 0 saturated carbocycles. The van der Waals surface area contributed by atoms with Crippen LogP contribution in [0, 0.1) is 5.92 Å². The predicted molar refractivity (Wildman–Crippen MR) is 117 cm³/mol. The molecule has 3 rings (SSSR count). The number of aromatic nitrogens is 1. The zero-order chi connectivity index (χ0) is 21.5. The summed E-state index contributed by atoms with van der Waals surface area (Å²) in [5.41, 5.74) is 1.19. The number of hydrogen-bond acceptors (Lipinski definition) is 6. The highest BCUT2D eigenvalue weighted by molar-refractivity contribution is 7.98. The Kier molecular flexibility index (Phi) is 7.57. The van der Waals surface area contributed by atoms with Gasteiger partial charge in [-0.3, -0.25) is 9.59 Å². The van der Waals surface area contributed by atoms with Crippen molar-refractivity contribution in [3.63, 3.8) is 0 Å². The van der Waals surface area contributed by atoms with Crippen LogP contribution in [0.5, 0.6) is 11.5 Å². The molecule has 1 aromatic heterocycles. The van der Waals surface area contributed by atoms with E-state index in [9.17, 15) is 9.59 Å². The van der Waals surface area contributed by atoms with Gasteiger partial charge in [0.15, 0.2) is 11.5 Å². The molecule has 1 saturated heterocycles. The van der Waals surface area contributed by atoms with Crippen LogP contribution in [-0.4, -0.2) is 61.8 Å². The van der Waals surface area contributed by atoms with Gasteiger partial charge in [0.25, 0.3) is 11.8 Å². The van der Waals surface area contributed by atoms with E-state index in [-0.39, 0.29) is 11.8 Å². The third-order valence-electron chi connectivity index (χ3n) is 5.29. The highest BCUT2D eigenvalue weighted by Gasteiger charge is 2.25. The third kappa shape index (κ3) is 5.05. The summed E-state index contributed by atoms with van der Waals surface area (Å²) >= 11 is 1.48. The van der Waals surface area contributed by atoms with Gasteiger partial charge in [-0.1, -0.05) is 0 Å². The van der Waals surface area contributed by atoms with Crippen molar-refractivity contribution in [2.45, 2.75) is 17.9 Å². The molecule has 1 aliphatic rings. The largest absolute Gasteiger partial charge is 0.493 e. The molecule has 2 heterocycles. The van der Waals surface area contributed by atoms with E-state index in [0.717, 1.165) is 17.9 Å². The summed E-state index contributed by atoms with van der Waals surface area (Å²) in [7, 11) is 3.10. The topological polar surface area (TPSA) is 80.8 Å². The molecule has 0 aliphatic carbocycles. The molecule has 0 radical (unpaired) electrons. The first-order valence-corrected chi connectivity index (χ1v) is 11.1. The minimum absolute atomic E-state index is 0.0280. The maximum Gasteiger partial charge on any atom is 0.256 e. The number of nitrogens with zero attached hydrogens (tertiary/aromatic N) is 2. The van der Waals surface area contributed by atoms with Crippen molar-refractivity contribution < 1.29 is 19.1 Å². The number of carbonyl (C=O) groups excluding carboxylic acids is 2. The molecule has 1 fully saturated rings. The molecule has 1 aliphatic heterocycles. The average molecular weight is 430 g/mol. The van der Waals surface area contributed by atoms with Gasteiger partial charge in [0.05, 0.1) is 19.8 Å². The molecule has 1 N–H and O–H groups in total. The van der Waals surface area contributed by atoms with Crippen LogP contribution in [0.4, 0.5) is 0 Å². The Balaban J connectivity index is 1.51. The average Bonchev–Trinajstić information content (AvgIpc) is 2.81. The third-order valence-corrected chi connectivity index (χ3v) is 6.01. The van der Waals surface area contributed by atoms with Crippen LogP contribution in [0.2, 0.25) is 0 Å². The second kappa shape index (κ2) is 10.3. The minimum atomic E-state index is -0.144. The lowest BCUT2D eigenvalue weighted by molar-refractivity contribution is 0.0680. The van der Waals surface area contributed by atoms with Gasteiger partial charge in [0.1, 0.15) is 5.03 Å². The molecule has 0 atom stereocenters. The number of amides is 2. The molecule has 160 valence electrons. The molecular formula is C22H27N3O4S. The maximum atomic E-state index is 12.8. The summed E-state index contributed by atoms with van der Waals surface area (Å²) in [5, 5.41) is 3.76. The summed E-state index contributed by atoms with van der Waals surface area (Å²) in [6.07, 6.45) is 5.34. The number of likely N-dealkylation sites (tertiary alicyclic amines) is 1. The summed E-state index contributed by atoms with van der Waals surface area (Å²) in [6.45, 7) is 1.94. The first kappa shape index (κ1) is 22.0. The number of benzene rings is 1. The number of methoxy groups -OCH3 is 2. The van der Waals surface area contributed by atoms with Crippen LogP contribution in [-0.2, 0) is 0 Å². The molecule has 2 aromatic rings. The van der Waals surface area contributed by atoms with Crippen molar-refractivity contribution in [1.82, 2.24) is 15.2 Å². The molecule has 8 heteroatoms. The van der Waals surface area contributed by atoms with E-state index in [1.54, 1.807) is 44.7 Å². The van der Waals surface area contributed by atoms with Crippen molar-refractivity contribution in [1.29, 1.82) is 0 Å². The van der Waals surface area contributed by atoms with Gasteiger partial charge in [0.2, 0.25) is 0 Å². The van der Waals surface area contributed by atoms with Crippen molar-refractivity contribution in [3.05, 3.63) is 47.7 Å². The van der Waals surface area contributed by atoms with Gasteiger partial charge >= 0.3 is 0 Å². The Morgan fingerprint density at radius 2 is 1.90 bits per heavy atom. The van der Waals surface area contributed by atoms with E-state index in [0.29, 0.717) is 48.2 Å². The van der Waals surface area contributed by atoms with E-state index in [1.165, 1.54) is 11.8 Å². The second-order valence-electron chi connectivity index (χ2n) is 7.08. The lowest BCUT2D eigenvalue weighted by Gasteiger charge is -2.32. The predicted octanol–water partition coefficient (Wildman–Crippen LogP) is 3.10. The first-order valence-electron chi connectivity index (χ1n) is 9.85. The van der Waals surface area contributed by atoms with Crippen molar-refractivity contribution in [2.75, 3.05) is 40.1 Å².